The molecule has 0 N–H and O–H groups in total. The first-order chi connectivity index (χ1) is 24.3. The lowest BCUT2D eigenvalue weighted by Crippen LogP contribution is -2.09. The predicted octanol–water partition coefficient (Wildman–Crippen LogP) is 12.2. The van der Waals surface area contributed by atoms with Crippen LogP contribution in [0.4, 0.5) is 0 Å². The highest BCUT2D eigenvalue weighted by atomic mass is 16.5. The van der Waals surface area contributed by atoms with Gasteiger partial charge >= 0.3 is 0 Å². The smallest absolute Gasteiger partial charge is 0.119 e. The molecule has 4 heteroatoms. The fraction of sp³-hybridized carbons (Fsp3) is 0.391. The lowest BCUT2D eigenvalue weighted by Gasteiger charge is -2.18. The third kappa shape index (κ3) is 13.3. The number of hydrogen-bond acceptors (Lipinski definition) is 4. The van der Waals surface area contributed by atoms with E-state index in [0.717, 1.165) is 74.4 Å². The van der Waals surface area contributed by atoms with E-state index in [-0.39, 0.29) is 24.4 Å². The van der Waals surface area contributed by atoms with E-state index in [1.165, 1.54) is 22.3 Å². The lowest BCUT2D eigenvalue weighted by molar-refractivity contribution is 0.0344. The van der Waals surface area contributed by atoms with Gasteiger partial charge in [0, 0.05) is 0 Å². The first kappa shape index (κ1) is 38.7. The summed E-state index contributed by atoms with van der Waals surface area (Å²) < 4.78 is 24.2. The minimum atomic E-state index is -0.0947. The predicted molar refractivity (Wildman–Crippen MR) is 209 cm³/mol. The van der Waals surface area contributed by atoms with Crippen LogP contribution >= 0.6 is 0 Å². The second kappa shape index (κ2) is 21.2. The second-order valence-corrected chi connectivity index (χ2v) is 13.4. The van der Waals surface area contributed by atoms with E-state index in [0.29, 0.717) is 0 Å². The van der Waals surface area contributed by atoms with Gasteiger partial charge < -0.3 is 18.9 Å². The fourth-order valence-corrected chi connectivity index (χ4v) is 5.55. The highest BCUT2D eigenvalue weighted by Gasteiger charge is 2.12. The van der Waals surface area contributed by atoms with Gasteiger partial charge in [0.05, 0.1) is 25.4 Å². The highest BCUT2D eigenvalue weighted by Crippen LogP contribution is 2.26. The Morgan fingerprint density at radius 1 is 0.480 bits per heavy atom. The zero-order valence-electron chi connectivity index (χ0n) is 31.1. The molecule has 0 aliphatic rings. The highest BCUT2D eigenvalue weighted by molar-refractivity contribution is 5.64. The van der Waals surface area contributed by atoms with Gasteiger partial charge in [0.15, 0.2) is 0 Å². The summed E-state index contributed by atoms with van der Waals surface area (Å²) in [5.41, 5.74) is 7.24. The molecule has 0 aromatic heterocycles. The van der Waals surface area contributed by atoms with Crippen LogP contribution in [0.25, 0.3) is 11.1 Å². The van der Waals surface area contributed by atoms with Crippen molar-refractivity contribution in [2.24, 2.45) is 0 Å². The van der Waals surface area contributed by atoms with Crippen molar-refractivity contribution in [3.05, 3.63) is 144 Å². The van der Waals surface area contributed by atoms with E-state index in [1.807, 2.05) is 24.3 Å². The molecular formula is C46H58O4. The first-order valence-corrected chi connectivity index (χ1v) is 18.6. The van der Waals surface area contributed by atoms with Crippen molar-refractivity contribution in [1.82, 2.24) is 0 Å². The van der Waals surface area contributed by atoms with E-state index >= 15 is 0 Å². The van der Waals surface area contributed by atoms with Crippen LogP contribution in [-0.2, 0) is 22.3 Å². The topological polar surface area (TPSA) is 36.9 Å². The summed E-state index contributed by atoms with van der Waals surface area (Å²) in [5, 5.41) is 0. The third-order valence-electron chi connectivity index (χ3n) is 8.36. The monoisotopic (exact) mass is 674 g/mol. The maximum Gasteiger partial charge on any atom is 0.119 e. The van der Waals surface area contributed by atoms with Gasteiger partial charge in [-0.1, -0.05) is 124 Å². The summed E-state index contributed by atoms with van der Waals surface area (Å²) in [5.74, 6) is 1.82. The largest absolute Gasteiger partial charge is 0.494 e. The van der Waals surface area contributed by atoms with E-state index in [4.69, 9.17) is 18.9 Å². The van der Waals surface area contributed by atoms with Gasteiger partial charge in [0.1, 0.15) is 23.7 Å². The standard InChI is InChI=1S/C46H58O4/c1-7-9-33-47-43-29-25-41(26-30-43)45(49-35(3)4)15-11-13-37-17-21-39(22-18-37)40-23-19-38(20-24-40)14-12-16-46(50-36(5)6)42-27-31-44(32-28-42)48-34-10-8-2/h11-12,15-32,35-36,45-46H,7-10,13-14,33-34H2,1-6H3. The van der Waals surface area contributed by atoms with Crippen LogP contribution in [0.3, 0.4) is 0 Å². The molecule has 266 valence electrons. The Hall–Kier alpha value is -4.12. The molecule has 0 radical (unpaired) electrons. The Morgan fingerprint density at radius 2 is 0.840 bits per heavy atom. The molecule has 0 aliphatic heterocycles. The van der Waals surface area contributed by atoms with Crippen molar-refractivity contribution in [1.29, 1.82) is 0 Å². The minimum Gasteiger partial charge on any atom is -0.494 e. The van der Waals surface area contributed by atoms with Crippen molar-refractivity contribution < 1.29 is 18.9 Å². The van der Waals surface area contributed by atoms with Crippen molar-refractivity contribution in [2.75, 3.05) is 13.2 Å². The summed E-state index contributed by atoms with van der Waals surface area (Å²) in [6, 6.07) is 34.3. The van der Waals surface area contributed by atoms with Gasteiger partial charge in [0.2, 0.25) is 0 Å². The molecule has 4 rings (SSSR count). The van der Waals surface area contributed by atoms with E-state index < -0.39 is 0 Å². The Labute approximate surface area is 302 Å². The lowest BCUT2D eigenvalue weighted by atomic mass is 10.00. The zero-order valence-corrected chi connectivity index (χ0v) is 31.1. The summed E-state index contributed by atoms with van der Waals surface area (Å²) in [4.78, 5) is 0. The van der Waals surface area contributed by atoms with Gasteiger partial charge in [-0.15, -0.1) is 0 Å². The van der Waals surface area contributed by atoms with Gasteiger partial charge in [-0.25, -0.2) is 0 Å². The molecule has 50 heavy (non-hydrogen) atoms. The first-order valence-electron chi connectivity index (χ1n) is 18.6. The molecule has 0 bridgehead atoms. The average molecular weight is 675 g/mol. The van der Waals surface area contributed by atoms with E-state index in [2.05, 4.69) is 139 Å². The summed E-state index contributed by atoms with van der Waals surface area (Å²) in [7, 11) is 0. The Kier molecular flexibility index (Phi) is 16.4. The Bertz CT molecular complexity index is 1430. The van der Waals surface area contributed by atoms with Crippen LogP contribution in [0.2, 0.25) is 0 Å². The molecule has 4 aromatic rings. The number of benzene rings is 4. The Morgan fingerprint density at radius 3 is 1.16 bits per heavy atom. The number of allylic oxidation sites excluding steroid dienone is 2. The van der Waals surface area contributed by atoms with Crippen molar-refractivity contribution in [3.63, 3.8) is 0 Å². The number of hydrogen-bond donors (Lipinski definition) is 0. The fourth-order valence-electron chi connectivity index (χ4n) is 5.55. The molecule has 4 nitrogen and oxygen atoms in total. The Balaban J connectivity index is 1.31. The quantitative estimate of drug-likeness (QED) is 0.0651. The average Bonchev–Trinajstić information content (AvgIpc) is 3.12. The molecule has 0 aliphatic carbocycles. The van der Waals surface area contributed by atoms with Gasteiger partial charge in [-0.05, 0) is 111 Å². The molecule has 2 atom stereocenters. The van der Waals surface area contributed by atoms with Crippen molar-refractivity contribution >= 4 is 0 Å². The molecule has 0 saturated carbocycles. The molecule has 0 spiro atoms. The number of ether oxygens (including phenoxy) is 4. The van der Waals surface area contributed by atoms with Crippen LogP contribution < -0.4 is 9.47 Å². The van der Waals surface area contributed by atoms with Crippen molar-refractivity contribution in [3.8, 4) is 22.6 Å². The number of unbranched alkanes of at least 4 members (excludes halogenated alkanes) is 2. The summed E-state index contributed by atoms with van der Waals surface area (Å²) in [6.07, 6.45) is 14.9. The van der Waals surface area contributed by atoms with Crippen LogP contribution in [0.1, 0.15) is 102 Å². The molecule has 0 saturated heterocycles. The van der Waals surface area contributed by atoms with Gasteiger partial charge in [-0.2, -0.15) is 0 Å². The van der Waals surface area contributed by atoms with Crippen LogP contribution in [0, 0.1) is 0 Å². The normalized spacial score (nSPS) is 13.0. The maximum atomic E-state index is 6.25. The zero-order chi connectivity index (χ0) is 35.6. The molecule has 4 aromatic carbocycles. The molecular weight excluding hydrogens is 617 g/mol. The maximum absolute atomic E-state index is 6.25. The summed E-state index contributed by atoms with van der Waals surface area (Å²) in [6.45, 7) is 14.2. The summed E-state index contributed by atoms with van der Waals surface area (Å²) >= 11 is 0. The molecule has 0 amide bonds. The van der Waals surface area contributed by atoms with Crippen LogP contribution in [-0.4, -0.2) is 25.4 Å². The minimum absolute atomic E-state index is 0.0947. The van der Waals surface area contributed by atoms with E-state index in [1.54, 1.807) is 0 Å². The van der Waals surface area contributed by atoms with Gasteiger partial charge in [0.25, 0.3) is 0 Å². The second-order valence-electron chi connectivity index (χ2n) is 13.4. The molecule has 2 unspecified atom stereocenters. The van der Waals surface area contributed by atoms with Crippen LogP contribution in [0.5, 0.6) is 11.5 Å². The SMILES string of the molecule is CCCCOc1ccc(C(C=CCc2ccc(-c3ccc(CC=CC(OC(C)C)c4ccc(OCCCC)cc4)cc3)cc2)OC(C)C)cc1. The van der Waals surface area contributed by atoms with Gasteiger partial charge in [-0.3, -0.25) is 0 Å². The molecule has 0 heterocycles. The van der Waals surface area contributed by atoms with Crippen LogP contribution in [0.15, 0.2) is 121 Å². The molecule has 0 fully saturated rings. The number of rotatable bonds is 21. The van der Waals surface area contributed by atoms with E-state index in [9.17, 15) is 0 Å². The van der Waals surface area contributed by atoms with Crippen molar-refractivity contribution in [2.45, 2.75) is 104 Å². The third-order valence-corrected chi connectivity index (χ3v) is 8.36.